The number of imidazole rings is 1. The summed E-state index contributed by atoms with van der Waals surface area (Å²) in [5.41, 5.74) is 3.54. The van der Waals surface area contributed by atoms with Crippen LogP contribution in [0.2, 0.25) is 0 Å². The van der Waals surface area contributed by atoms with Gasteiger partial charge in [0.1, 0.15) is 24.0 Å². The number of anilines is 2. The number of ether oxygens (including phenoxy) is 2. The van der Waals surface area contributed by atoms with E-state index in [0.29, 0.717) is 11.6 Å². The largest absolute Gasteiger partial charge is 0.462 e. The number of carbonyl (C=O) groups excluding carboxylic acids is 1. The van der Waals surface area contributed by atoms with Crippen molar-refractivity contribution in [3.63, 3.8) is 0 Å². The molecule has 13 nitrogen and oxygen atoms in total. The summed E-state index contributed by atoms with van der Waals surface area (Å²) in [6.07, 6.45) is 1.75. The fraction of sp³-hybridized carbons (Fsp3) is 0.379. The highest BCUT2D eigenvalue weighted by atomic mass is 32.5. The average molecular weight is 658 g/mol. The van der Waals surface area contributed by atoms with Crippen molar-refractivity contribution in [1.82, 2.24) is 24.6 Å². The van der Waals surface area contributed by atoms with Crippen molar-refractivity contribution in [2.24, 2.45) is 0 Å². The Labute approximate surface area is 263 Å². The summed E-state index contributed by atoms with van der Waals surface area (Å²) < 4.78 is 41.3. The van der Waals surface area contributed by atoms with E-state index in [0.717, 1.165) is 10.8 Å². The Hall–Kier alpha value is -3.90. The van der Waals surface area contributed by atoms with Crippen LogP contribution in [0.5, 0.6) is 5.75 Å². The molecule has 2 aromatic heterocycles. The lowest BCUT2D eigenvalue weighted by molar-refractivity contribution is -0.149. The Morgan fingerprint density at radius 2 is 2.02 bits per heavy atom. The van der Waals surface area contributed by atoms with E-state index in [9.17, 15) is 9.90 Å². The maximum absolute atomic E-state index is 16.4. The maximum atomic E-state index is 16.4. The van der Waals surface area contributed by atoms with Crippen molar-refractivity contribution in [3.05, 3.63) is 48.8 Å². The number of halogens is 1. The van der Waals surface area contributed by atoms with Gasteiger partial charge in [-0.05, 0) is 44.0 Å². The minimum Gasteiger partial charge on any atom is -0.462 e. The number of alkyl halides is 1. The van der Waals surface area contributed by atoms with Gasteiger partial charge in [-0.3, -0.25) is 9.36 Å². The molecule has 0 unspecified atom stereocenters. The number of aliphatic hydroxyl groups excluding tert-OH is 1. The lowest BCUT2D eigenvalue weighted by Crippen LogP contribution is -2.42. The van der Waals surface area contributed by atoms with Crippen molar-refractivity contribution in [2.45, 2.75) is 57.0 Å². The quantitative estimate of drug-likeness (QED) is 0.105. The number of terminal acetylenes is 1. The minimum atomic E-state index is -3.61. The van der Waals surface area contributed by atoms with Gasteiger partial charge in [0.15, 0.2) is 23.2 Å². The summed E-state index contributed by atoms with van der Waals surface area (Å²) in [6.45, 7) is 0.922. The molecule has 45 heavy (non-hydrogen) atoms. The first-order valence-electron chi connectivity index (χ1n) is 14.0. The third kappa shape index (κ3) is 6.44. The van der Waals surface area contributed by atoms with E-state index in [2.05, 4.69) is 25.4 Å². The molecule has 0 amide bonds. The molecule has 238 valence electrons. The molecule has 4 aromatic rings. The van der Waals surface area contributed by atoms with Crippen molar-refractivity contribution in [2.75, 3.05) is 24.7 Å². The number of nitrogens with zero attached hydrogens (tertiary/aromatic N) is 4. The van der Waals surface area contributed by atoms with Crippen LogP contribution in [0, 0.1) is 12.3 Å². The highest BCUT2D eigenvalue weighted by Gasteiger charge is 2.58. The van der Waals surface area contributed by atoms with E-state index in [1.54, 1.807) is 40.0 Å². The van der Waals surface area contributed by atoms with Gasteiger partial charge in [-0.2, -0.15) is 9.97 Å². The molecule has 1 saturated heterocycles. The number of benzene rings is 2. The third-order valence-electron chi connectivity index (χ3n) is 7.03. The van der Waals surface area contributed by atoms with Crippen LogP contribution in [0.3, 0.4) is 0 Å². The lowest BCUT2D eigenvalue weighted by atomic mass is 9.97. The highest BCUT2D eigenvalue weighted by Crippen LogP contribution is 2.49. The van der Waals surface area contributed by atoms with E-state index in [1.807, 2.05) is 36.3 Å². The molecule has 3 heterocycles. The van der Waals surface area contributed by atoms with Gasteiger partial charge in [0, 0.05) is 12.4 Å². The van der Waals surface area contributed by atoms with Crippen LogP contribution in [-0.4, -0.2) is 74.3 Å². The number of fused-ring (bicyclic) bond motifs is 2. The first-order valence-corrected chi connectivity index (χ1v) is 16.6. The molecule has 2 aromatic carbocycles. The van der Waals surface area contributed by atoms with E-state index in [1.165, 1.54) is 10.9 Å². The third-order valence-corrected chi connectivity index (χ3v) is 9.51. The van der Waals surface area contributed by atoms with E-state index >= 15 is 4.39 Å². The lowest BCUT2D eigenvalue weighted by Gasteiger charge is -2.28. The van der Waals surface area contributed by atoms with Gasteiger partial charge in [-0.15, -0.1) is 6.42 Å². The Kier molecular flexibility index (Phi) is 9.27. The molecule has 0 aliphatic carbocycles. The smallest absolute Gasteiger partial charge is 0.323 e. The number of nitrogens with one attached hydrogen (secondary N) is 2. The molecule has 6 atom stereocenters. The van der Waals surface area contributed by atoms with Crippen LogP contribution in [0.4, 0.5) is 16.2 Å². The number of nitrogen functional groups attached to an aromatic ring is 1. The minimum absolute atomic E-state index is 0.0975. The first-order chi connectivity index (χ1) is 21.4. The molecule has 0 bridgehead atoms. The van der Waals surface area contributed by atoms with Gasteiger partial charge >= 0.3 is 12.6 Å². The second kappa shape index (κ2) is 12.8. The molecular formula is C29H33FN7O6PS. The van der Waals surface area contributed by atoms with Gasteiger partial charge in [0.2, 0.25) is 11.6 Å². The number of aromatic nitrogens is 4. The second-order valence-electron chi connectivity index (χ2n) is 10.6. The summed E-state index contributed by atoms with van der Waals surface area (Å²) in [4.78, 5) is 25.2. The number of esters is 1. The predicted octanol–water partition coefficient (Wildman–Crippen LogP) is 3.45. The molecule has 1 aliphatic heterocycles. The standard InChI is InChI=1S/C29H33FN7O6PS/c1-6-29(30)23(38)21(42-27(29)37-15-33-22-24(32-5)34-28(31)35-25(22)37)14-40-44(45,36-17(4)26(39)41-16(2)3)43-20-13-9-11-18-10-7-8-12-19(18)20/h1,7-13,15-17,21,23,27,38H,14H2,2-5H3,(H,36,45)(H3,31,32,34,35)/t17-,21-,23-,27-,29-,44+/m1/s1. The number of aliphatic hydroxyl groups is 1. The fourth-order valence-corrected chi connectivity index (χ4v) is 7.30. The van der Waals surface area contributed by atoms with Crippen LogP contribution in [0.25, 0.3) is 21.9 Å². The molecule has 1 aliphatic rings. The van der Waals surface area contributed by atoms with Gasteiger partial charge < -0.3 is 34.7 Å². The zero-order valence-electron chi connectivity index (χ0n) is 24.9. The number of hydrogen-bond acceptors (Lipinski definition) is 12. The van der Waals surface area contributed by atoms with Crippen molar-refractivity contribution in [3.8, 4) is 18.1 Å². The van der Waals surface area contributed by atoms with Crippen molar-refractivity contribution >= 4 is 58.1 Å². The predicted molar refractivity (Wildman–Crippen MR) is 171 cm³/mol. The number of nitrogens with two attached hydrogens (primary N) is 1. The normalized spacial score (nSPS) is 23.5. The average Bonchev–Trinajstić information content (AvgIpc) is 3.53. The summed E-state index contributed by atoms with van der Waals surface area (Å²) in [6, 6.07) is 12.0. The number of hydrogen-bond donors (Lipinski definition) is 4. The Morgan fingerprint density at radius 3 is 2.73 bits per heavy atom. The molecule has 0 spiro atoms. The summed E-state index contributed by atoms with van der Waals surface area (Å²) in [5.74, 6) is 2.05. The molecule has 5 N–H and O–H groups in total. The zero-order valence-corrected chi connectivity index (χ0v) is 26.6. The topological polar surface area (TPSA) is 168 Å². The van der Waals surface area contributed by atoms with Crippen LogP contribution in [0.1, 0.15) is 27.0 Å². The fourth-order valence-electron chi connectivity index (χ4n) is 4.88. The molecule has 16 heteroatoms. The first kappa shape index (κ1) is 32.5. The molecule has 5 rings (SSSR count). The van der Waals surface area contributed by atoms with Crippen molar-refractivity contribution < 1.29 is 32.8 Å². The Morgan fingerprint density at radius 1 is 1.29 bits per heavy atom. The Balaban J connectivity index is 1.44. The van der Waals surface area contributed by atoms with Crippen LogP contribution in [0.15, 0.2) is 48.8 Å². The SMILES string of the molecule is C#C[C@@]1(F)[C@H](O)[C@@H](CO[P@@](=S)(N[C@H](C)C(=O)OC(C)C)Oc2cccc3ccccc23)O[C@H]1n1cnc2c(NC)nc(N)nc21. The molecule has 1 fully saturated rings. The van der Waals surface area contributed by atoms with Gasteiger partial charge in [-0.1, -0.05) is 42.3 Å². The summed E-state index contributed by atoms with van der Waals surface area (Å²) in [5, 5.41) is 18.6. The van der Waals surface area contributed by atoms with Crippen molar-refractivity contribution in [1.29, 1.82) is 0 Å². The summed E-state index contributed by atoms with van der Waals surface area (Å²) >= 11 is 5.85. The van der Waals surface area contributed by atoms with Crippen LogP contribution >= 0.6 is 6.64 Å². The maximum Gasteiger partial charge on any atom is 0.323 e. The number of rotatable bonds is 11. The van der Waals surface area contributed by atoms with E-state index < -0.39 is 49.4 Å². The highest BCUT2D eigenvalue weighted by molar-refractivity contribution is 8.09. The zero-order chi connectivity index (χ0) is 32.5. The van der Waals surface area contributed by atoms with Crippen LogP contribution < -0.4 is 20.7 Å². The Bertz CT molecular complexity index is 1810. The summed E-state index contributed by atoms with van der Waals surface area (Å²) in [7, 11) is 1.62. The monoisotopic (exact) mass is 657 g/mol. The van der Waals surface area contributed by atoms with Gasteiger partial charge in [-0.25, -0.2) is 14.5 Å². The van der Waals surface area contributed by atoms with Gasteiger partial charge in [0.25, 0.3) is 0 Å². The molecular weight excluding hydrogens is 624 g/mol. The van der Waals surface area contributed by atoms with Gasteiger partial charge in [0.05, 0.1) is 19.0 Å². The van der Waals surface area contributed by atoms with Crippen LogP contribution in [-0.2, 0) is 30.6 Å². The molecule has 0 saturated carbocycles. The van der Waals surface area contributed by atoms with E-state index in [4.69, 9.17) is 42.5 Å². The van der Waals surface area contributed by atoms with E-state index in [-0.39, 0.29) is 23.2 Å². The second-order valence-corrected chi connectivity index (χ2v) is 13.7. The number of carbonyl (C=O) groups is 1. The molecule has 0 radical (unpaired) electrons.